The summed E-state index contributed by atoms with van der Waals surface area (Å²) in [5, 5.41) is 12.1. The summed E-state index contributed by atoms with van der Waals surface area (Å²) in [4.78, 5) is 175. The second-order valence-electron chi connectivity index (χ2n) is 35.5. The molecule has 30 nitrogen and oxygen atoms in total. The topological polar surface area (TPSA) is 382 Å². The summed E-state index contributed by atoms with van der Waals surface area (Å²) in [6.45, 7) is 3.25. The summed E-state index contributed by atoms with van der Waals surface area (Å²) in [6, 6.07) is 70.7. The van der Waals surface area contributed by atoms with Gasteiger partial charge in [-0.2, -0.15) is 0 Å². The number of carbonyl (C=O) groups excluding carboxylic acids is 10. The van der Waals surface area contributed by atoms with Crippen molar-refractivity contribution in [2.75, 3.05) is 52.6 Å². The second kappa shape index (κ2) is 38.2. The number of amides is 8. The molecular weight excluding hydrogens is 1830 g/mol. The average Bonchev–Trinajstić information content (AvgIpc) is 0.696. The molecule has 6 unspecified atom stereocenters. The fourth-order valence-corrected chi connectivity index (χ4v) is 18.5. The molecule has 144 heavy (non-hydrogen) atoms. The van der Waals surface area contributed by atoms with Gasteiger partial charge in [0.05, 0.1) is 73.1 Å². The number of benzene rings is 13. The zero-order valence-electron chi connectivity index (χ0n) is 76.4. The number of hydrogen-bond donors (Lipinski definition) is 4. The van der Waals surface area contributed by atoms with Crippen LogP contribution in [0.5, 0.6) is 57.5 Å². The van der Waals surface area contributed by atoms with Crippen molar-refractivity contribution in [3.8, 4) is 102 Å². The molecule has 4 saturated heterocycles. The number of fused-ring (bicyclic) bond motifs is 2. The van der Waals surface area contributed by atoms with E-state index in [1.165, 1.54) is 98.1 Å². The van der Waals surface area contributed by atoms with Gasteiger partial charge in [-0.15, -0.1) is 0 Å². The highest BCUT2D eigenvalue weighted by Gasteiger charge is 2.48. The number of ether oxygens (including phenoxy) is 10. The minimum atomic E-state index is -1.76. The monoisotopic (exact) mass is 1910 g/mol. The summed E-state index contributed by atoms with van der Waals surface area (Å²) < 4.78 is 64.7. The summed E-state index contributed by atoms with van der Waals surface area (Å²) in [6.07, 6.45) is 10.6. The van der Waals surface area contributed by atoms with E-state index >= 15 is 28.8 Å². The van der Waals surface area contributed by atoms with E-state index in [9.17, 15) is 19.2 Å². The zero-order chi connectivity index (χ0) is 97.7. The van der Waals surface area contributed by atoms with Gasteiger partial charge in [-0.25, -0.2) is 9.59 Å². The van der Waals surface area contributed by atoms with Gasteiger partial charge in [0, 0.05) is 154 Å². The van der Waals surface area contributed by atoms with Crippen molar-refractivity contribution in [3.05, 3.63) is 372 Å². The third-order valence-corrected chi connectivity index (χ3v) is 25.9. The maximum atomic E-state index is 17.3. The Morgan fingerprint density at radius 3 is 0.750 bits per heavy atom. The van der Waals surface area contributed by atoms with E-state index < -0.39 is 47.7 Å². The Labute approximate surface area is 820 Å². The summed E-state index contributed by atoms with van der Waals surface area (Å²) >= 11 is 0. The van der Waals surface area contributed by atoms with Crippen LogP contribution in [0.3, 0.4) is 0 Å². The quantitative estimate of drug-likeness (QED) is 0.00956. The third kappa shape index (κ3) is 18.5. The van der Waals surface area contributed by atoms with Crippen LogP contribution in [0.4, 0.5) is 0 Å². The van der Waals surface area contributed by atoms with E-state index in [0.29, 0.717) is 130 Å². The number of carbonyl (C=O) groups is 10. The molecule has 17 aromatic rings. The predicted octanol–water partition coefficient (Wildman–Crippen LogP) is 17.3. The van der Waals surface area contributed by atoms with Crippen molar-refractivity contribution in [2.24, 2.45) is 0 Å². The van der Waals surface area contributed by atoms with Gasteiger partial charge < -0.3 is 68.6 Å². The van der Waals surface area contributed by atoms with E-state index in [1.54, 1.807) is 170 Å². The standard InChI is InChI=1S/C114H82N10O20/c125-105(119-55-83-59-135-83)73-17-1-9-65(43-73)69-13-5-21-79(47-69)139-93-51-87-97-88(110(130)123(109(87)129)91(41-63-25-33-115-34-26-63)113(133)143-77-29-37-117-38-30-77)53-95(141-81-23-7-15-71(49-81)67-11-3-19-75(45-67)107(127)121-57-85-61-137-85)101-102-96(142-82-24-8-16-72(50-82)68-12-4-20-76(46-68)108(128)122-58-86-62-138-86)54-90-98-89(111(131)124(112(90)132)92(42-64-27-35-116-36-28-64)114(134)144-78-31-39-118-40-32-78)52-94(100(104(98)102)99(93)103(97)101)140-80-22-6-14-70(48-80)66-10-2-18-74(44-66)106(126)120-56-84-60-136-84/h1-40,43-54,83-86,91-92H,41-42,55-62H2,(H,119,125)(H,120,126)(H,121,127)(H,122,128). The Morgan fingerprint density at radius 1 is 0.278 bits per heavy atom. The normalized spacial score (nSPS) is 16.1. The maximum absolute atomic E-state index is 17.3. The molecule has 4 fully saturated rings. The molecule has 6 aliphatic heterocycles. The Kier molecular flexibility index (Phi) is 23.8. The van der Waals surface area contributed by atoms with Crippen LogP contribution in [-0.4, -0.2) is 178 Å². The Morgan fingerprint density at radius 2 is 0.507 bits per heavy atom. The molecule has 6 aliphatic rings. The van der Waals surface area contributed by atoms with Crippen LogP contribution in [0.15, 0.2) is 316 Å². The molecule has 30 heteroatoms. The Hall–Kier alpha value is -18.1. The van der Waals surface area contributed by atoms with Crippen molar-refractivity contribution in [3.63, 3.8) is 0 Å². The predicted molar refractivity (Wildman–Crippen MR) is 528 cm³/mol. The highest BCUT2D eigenvalue weighted by atomic mass is 16.6. The van der Waals surface area contributed by atoms with Crippen LogP contribution in [0.2, 0.25) is 0 Å². The van der Waals surface area contributed by atoms with Gasteiger partial charge in [0.1, 0.15) is 69.6 Å². The van der Waals surface area contributed by atoms with Crippen molar-refractivity contribution in [1.82, 2.24) is 51.0 Å². The van der Waals surface area contributed by atoms with Crippen molar-refractivity contribution >= 4 is 102 Å². The number of nitrogens with one attached hydrogen (secondary N) is 4. The van der Waals surface area contributed by atoms with Crippen LogP contribution < -0.4 is 49.7 Å². The first-order chi connectivity index (χ1) is 70.4. The van der Waals surface area contributed by atoms with E-state index in [1.807, 2.05) is 48.5 Å². The molecule has 6 atom stereocenters. The first kappa shape index (κ1) is 89.8. The smallest absolute Gasteiger partial charge is 0.335 e. The first-order valence-electron chi connectivity index (χ1n) is 46.7. The number of epoxide rings is 4. The number of rotatable bonds is 34. The Balaban J connectivity index is 0.822. The van der Waals surface area contributed by atoms with Gasteiger partial charge in [-0.3, -0.25) is 68.1 Å². The number of pyridine rings is 4. The number of aromatic nitrogens is 4. The summed E-state index contributed by atoms with van der Waals surface area (Å²) in [7, 11) is 0. The second-order valence-corrected chi connectivity index (χ2v) is 35.5. The van der Waals surface area contributed by atoms with Crippen molar-refractivity contribution in [1.29, 1.82) is 0 Å². The van der Waals surface area contributed by atoms with Gasteiger partial charge in [0.2, 0.25) is 0 Å². The van der Waals surface area contributed by atoms with E-state index in [-0.39, 0.29) is 184 Å². The summed E-state index contributed by atoms with van der Waals surface area (Å²) in [5.41, 5.74) is 5.99. The molecular formula is C114H82N10O20. The molecule has 0 aliphatic carbocycles. The molecule has 0 bridgehead atoms. The molecule has 0 saturated carbocycles. The van der Waals surface area contributed by atoms with Crippen LogP contribution in [-0.2, 0) is 41.4 Å². The highest BCUT2D eigenvalue weighted by Crippen LogP contribution is 2.59. The largest absolute Gasteiger partial charge is 0.457 e. The number of esters is 2. The van der Waals surface area contributed by atoms with Crippen molar-refractivity contribution < 1.29 is 95.3 Å². The SMILES string of the molecule is O=C(NCC1CO1)c1cccc(-c2cccc(Oc3cc4c5c(cc(Oc6cccc(-c7cccc(C(=O)NCC8CO8)c7)c6)c6c7c(Oc8cccc(-c9cccc(C(=O)NCC%10CO%10)c9)c8)cc8c9c(cc(Oc%10cccc(-c%11cccc(C(=O)NCC%12CO%12)c%11)c%10)c(c3c56)c97)C(=O)N(C(Cc3ccncc3)C(=O)Oc3ccncc3)C8=O)C(=O)N(C(Cc3ccncc3)C(=O)Oc3ccncc3)C4=O)c2)c1. The number of nitrogens with zero attached hydrogens (tertiary/aromatic N) is 6. The molecule has 4 aromatic heterocycles. The van der Waals surface area contributed by atoms with Crippen LogP contribution in [0, 0.1) is 0 Å². The van der Waals surface area contributed by atoms with Gasteiger partial charge in [-0.1, -0.05) is 97.1 Å². The molecule has 4 N–H and O–H groups in total. The molecule has 23 rings (SSSR count). The molecule has 13 aromatic carbocycles. The fraction of sp³-hybridized carbons (Fsp3) is 0.140. The number of hydrogen-bond acceptors (Lipinski definition) is 24. The minimum absolute atomic E-state index is 0.0302. The maximum Gasteiger partial charge on any atom is 0.335 e. The fourth-order valence-electron chi connectivity index (χ4n) is 18.5. The third-order valence-electron chi connectivity index (χ3n) is 25.9. The Bertz CT molecular complexity index is 7270. The molecule has 0 radical (unpaired) electrons. The summed E-state index contributed by atoms with van der Waals surface area (Å²) in [5.74, 6) is -7.49. The van der Waals surface area contributed by atoms with Gasteiger partial charge in [-0.05, 0) is 225 Å². The first-order valence-corrected chi connectivity index (χ1v) is 46.7. The molecule has 10 heterocycles. The van der Waals surface area contributed by atoms with Crippen LogP contribution in [0.1, 0.15) is 94.0 Å². The lowest BCUT2D eigenvalue weighted by Gasteiger charge is -2.35. The number of imide groups is 2. The van der Waals surface area contributed by atoms with Gasteiger partial charge >= 0.3 is 11.9 Å². The lowest BCUT2D eigenvalue weighted by molar-refractivity contribution is -0.139. The lowest BCUT2D eigenvalue weighted by atomic mass is 9.80. The van der Waals surface area contributed by atoms with Crippen molar-refractivity contribution in [2.45, 2.75) is 49.3 Å². The molecule has 708 valence electrons. The highest BCUT2D eigenvalue weighted by molar-refractivity contribution is 6.45. The van der Waals surface area contributed by atoms with Crippen LogP contribution in [0.25, 0.3) is 87.6 Å². The van der Waals surface area contributed by atoms with E-state index in [4.69, 9.17) is 47.4 Å². The van der Waals surface area contributed by atoms with Gasteiger partial charge in [0.25, 0.3) is 47.3 Å². The molecule has 0 spiro atoms. The van der Waals surface area contributed by atoms with Crippen LogP contribution >= 0.6 is 0 Å². The zero-order valence-corrected chi connectivity index (χ0v) is 76.4. The van der Waals surface area contributed by atoms with Gasteiger partial charge in [0.15, 0.2) is 0 Å². The average molecular weight is 1910 g/mol. The van der Waals surface area contributed by atoms with E-state index in [2.05, 4.69) is 41.2 Å². The lowest BCUT2D eigenvalue weighted by Crippen LogP contribution is -2.53. The minimum Gasteiger partial charge on any atom is -0.457 e. The molecule has 8 amide bonds. The van der Waals surface area contributed by atoms with E-state index in [0.717, 1.165) is 9.80 Å².